The second kappa shape index (κ2) is 6.82. The van der Waals surface area contributed by atoms with Crippen LogP contribution in [0.1, 0.15) is 30.2 Å². The number of nitrogens with one attached hydrogen (secondary N) is 1. The summed E-state index contributed by atoms with van der Waals surface area (Å²) in [6.07, 6.45) is 6.76. The summed E-state index contributed by atoms with van der Waals surface area (Å²) in [6.45, 7) is 6.97. The van der Waals surface area contributed by atoms with Gasteiger partial charge in [-0.3, -0.25) is 9.67 Å². The first kappa shape index (κ1) is 14.2. The van der Waals surface area contributed by atoms with Crippen LogP contribution in [0.25, 0.3) is 0 Å². The van der Waals surface area contributed by atoms with Gasteiger partial charge in [-0.05, 0) is 47.4 Å². The third kappa shape index (κ3) is 3.88. The highest BCUT2D eigenvalue weighted by Gasteiger charge is 2.06. The Bertz CT molecular complexity index is 536. The van der Waals surface area contributed by atoms with Crippen molar-refractivity contribution in [2.75, 3.05) is 6.54 Å². The SMILES string of the molecule is CCCNCc1cnn(Cc2cncc(Br)c2)c1C. The average Bonchev–Trinajstić information content (AvgIpc) is 2.72. The van der Waals surface area contributed by atoms with Gasteiger partial charge in [-0.2, -0.15) is 5.10 Å². The monoisotopic (exact) mass is 322 g/mol. The molecule has 2 aromatic heterocycles. The smallest absolute Gasteiger partial charge is 0.0677 e. The van der Waals surface area contributed by atoms with Crippen LogP contribution in [-0.2, 0) is 13.1 Å². The molecule has 0 bridgehead atoms. The molecule has 19 heavy (non-hydrogen) atoms. The number of aromatic nitrogens is 3. The standard InChI is InChI=1S/C14H19BrN4/c1-3-4-16-7-13-8-18-19(11(13)2)10-12-5-14(15)9-17-6-12/h5-6,8-9,16H,3-4,7,10H2,1-2H3. The van der Waals surface area contributed by atoms with Gasteiger partial charge in [-0.15, -0.1) is 0 Å². The number of pyridine rings is 1. The van der Waals surface area contributed by atoms with Crippen molar-refractivity contribution in [3.63, 3.8) is 0 Å². The van der Waals surface area contributed by atoms with Crippen molar-refractivity contribution in [3.8, 4) is 0 Å². The van der Waals surface area contributed by atoms with Crippen LogP contribution in [0.4, 0.5) is 0 Å². The molecule has 4 nitrogen and oxygen atoms in total. The maximum Gasteiger partial charge on any atom is 0.0677 e. The number of hydrogen-bond acceptors (Lipinski definition) is 3. The topological polar surface area (TPSA) is 42.7 Å². The second-order valence-electron chi connectivity index (χ2n) is 4.60. The van der Waals surface area contributed by atoms with Gasteiger partial charge in [0.25, 0.3) is 0 Å². The van der Waals surface area contributed by atoms with Crippen LogP contribution in [0.15, 0.2) is 29.1 Å². The van der Waals surface area contributed by atoms with Gasteiger partial charge in [0, 0.05) is 34.7 Å². The quantitative estimate of drug-likeness (QED) is 0.831. The first-order valence-electron chi connectivity index (χ1n) is 6.52. The van der Waals surface area contributed by atoms with Gasteiger partial charge >= 0.3 is 0 Å². The van der Waals surface area contributed by atoms with E-state index < -0.39 is 0 Å². The highest BCUT2D eigenvalue weighted by atomic mass is 79.9. The Hall–Kier alpha value is -1.20. The summed E-state index contributed by atoms with van der Waals surface area (Å²) in [7, 11) is 0. The summed E-state index contributed by atoms with van der Waals surface area (Å²) in [5.41, 5.74) is 3.62. The molecule has 2 heterocycles. The summed E-state index contributed by atoms with van der Waals surface area (Å²) in [5.74, 6) is 0. The molecular weight excluding hydrogens is 304 g/mol. The Morgan fingerprint density at radius 2 is 2.16 bits per heavy atom. The Morgan fingerprint density at radius 3 is 2.89 bits per heavy atom. The molecule has 102 valence electrons. The van der Waals surface area contributed by atoms with Gasteiger partial charge in [0.15, 0.2) is 0 Å². The lowest BCUT2D eigenvalue weighted by molar-refractivity contribution is 0.650. The minimum absolute atomic E-state index is 0.756. The Labute approximate surface area is 122 Å². The Morgan fingerprint density at radius 1 is 1.32 bits per heavy atom. The van der Waals surface area contributed by atoms with Crippen LogP contribution in [-0.4, -0.2) is 21.3 Å². The molecule has 0 saturated heterocycles. The lowest BCUT2D eigenvalue weighted by Gasteiger charge is -2.06. The van der Waals surface area contributed by atoms with Crippen molar-refractivity contribution in [2.24, 2.45) is 0 Å². The zero-order valence-electron chi connectivity index (χ0n) is 11.4. The van der Waals surface area contributed by atoms with E-state index >= 15 is 0 Å². The zero-order valence-corrected chi connectivity index (χ0v) is 12.9. The number of halogens is 1. The van der Waals surface area contributed by atoms with Crippen LogP contribution in [0.2, 0.25) is 0 Å². The minimum atomic E-state index is 0.756. The fourth-order valence-electron chi connectivity index (χ4n) is 1.93. The lowest BCUT2D eigenvalue weighted by atomic mass is 10.2. The van der Waals surface area contributed by atoms with Crippen molar-refractivity contribution in [3.05, 3.63) is 46.0 Å². The van der Waals surface area contributed by atoms with Crippen LogP contribution in [0.5, 0.6) is 0 Å². The molecule has 5 heteroatoms. The zero-order chi connectivity index (χ0) is 13.7. The van der Waals surface area contributed by atoms with Crippen molar-refractivity contribution >= 4 is 15.9 Å². The van der Waals surface area contributed by atoms with E-state index in [-0.39, 0.29) is 0 Å². The van der Waals surface area contributed by atoms with E-state index in [0.29, 0.717) is 0 Å². The first-order chi connectivity index (χ1) is 9.20. The largest absolute Gasteiger partial charge is 0.313 e. The van der Waals surface area contributed by atoms with Gasteiger partial charge in [-0.25, -0.2) is 0 Å². The van der Waals surface area contributed by atoms with Crippen molar-refractivity contribution in [1.82, 2.24) is 20.1 Å². The molecule has 0 aliphatic carbocycles. The molecule has 1 N–H and O–H groups in total. The van der Waals surface area contributed by atoms with Crippen LogP contribution >= 0.6 is 15.9 Å². The summed E-state index contributed by atoms with van der Waals surface area (Å²) in [4.78, 5) is 4.18. The van der Waals surface area contributed by atoms with Gasteiger partial charge in [-0.1, -0.05) is 6.92 Å². The highest BCUT2D eigenvalue weighted by molar-refractivity contribution is 9.10. The number of nitrogens with zero attached hydrogens (tertiary/aromatic N) is 3. The fraction of sp³-hybridized carbons (Fsp3) is 0.429. The molecule has 0 spiro atoms. The maximum absolute atomic E-state index is 4.45. The van der Waals surface area contributed by atoms with Crippen molar-refractivity contribution in [1.29, 1.82) is 0 Å². The van der Waals surface area contributed by atoms with E-state index in [4.69, 9.17) is 0 Å². The minimum Gasteiger partial charge on any atom is -0.313 e. The summed E-state index contributed by atoms with van der Waals surface area (Å²) in [6, 6.07) is 2.07. The average molecular weight is 323 g/mol. The summed E-state index contributed by atoms with van der Waals surface area (Å²) >= 11 is 3.44. The third-order valence-corrected chi connectivity index (χ3v) is 3.47. The molecule has 0 radical (unpaired) electrons. The van der Waals surface area contributed by atoms with E-state index in [1.165, 1.54) is 11.3 Å². The van der Waals surface area contributed by atoms with Crippen molar-refractivity contribution in [2.45, 2.75) is 33.4 Å². The normalized spacial score (nSPS) is 10.9. The summed E-state index contributed by atoms with van der Waals surface area (Å²) in [5, 5.41) is 7.86. The predicted octanol–water partition coefficient (Wildman–Crippen LogP) is 2.90. The van der Waals surface area contributed by atoms with E-state index in [1.54, 1.807) is 6.20 Å². The highest BCUT2D eigenvalue weighted by Crippen LogP contribution is 2.13. The van der Waals surface area contributed by atoms with E-state index in [9.17, 15) is 0 Å². The molecule has 0 aliphatic heterocycles. The van der Waals surface area contributed by atoms with Gasteiger partial charge < -0.3 is 5.32 Å². The maximum atomic E-state index is 4.45. The molecule has 0 aliphatic rings. The molecule has 0 aromatic carbocycles. The van der Waals surface area contributed by atoms with Crippen LogP contribution in [0.3, 0.4) is 0 Å². The molecule has 2 aromatic rings. The van der Waals surface area contributed by atoms with Crippen LogP contribution < -0.4 is 5.32 Å². The molecule has 0 amide bonds. The molecule has 0 saturated carbocycles. The molecule has 0 fully saturated rings. The fourth-order valence-corrected chi connectivity index (χ4v) is 2.35. The predicted molar refractivity (Wildman–Crippen MR) is 80.0 cm³/mol. The lowest BCUT2D eigenvalue weighted by Crippen LogP contribution is -2.14. The first-order valence-corrected chi connectivity index (χ1v) is 7.31. The van der Waals surface area contributed by atoms with Crippen molar-refractivity contribution < 1.29 is 0 Å². The van der Waals surface area contributed by atoms with Gasteiger partial charge in [0.05, 0.1) is 12.7 Å². The third-order valence-electron chi connectivity index (χ3n) is 3.04. The van der Waals surface area contributed by atoms with E-state index in [2.05, 4.69) is 51.2 Å². The Balaban J connectivity index is 2.05. The van der Waals surface area contributed by atoms with Gasteiger partial charge in [0.2, 0.25) is 0 Å². The van der Waals surface area contributed by atoms with E-state index in [1.807, 2.05) is 17.1 Å². The molecule has 0 unspecified atom stereocenters. The molecule has 0 atom stereocenters. The molecular formula is C14H19BrN4. The second-order valence-corrected chi connectivity index (χ2v) is 5.52. The van der Waals surface area contributed by atoms with Crippen LogP contribution in [0, 0.1) is 6.92 Å². The Kier molecular flexibility index (Phi) is 5.10. The number of hydrogen-bond donors (Lipinski definition) is 1. The summed E-state index contributed by atoms with van der Waals surface area (Å²) < 4.78 is 3.02. The van der Waals surface area contributed by atoms with Gasteiger partial charge in [0.1, 0.15) is 0 Å². The molecule has 2 rings (SSSR count). The van der Waals surface area contributed by atoms with E-state index in [0.717, 1.165) is 36.1 Å². The number of rotatable bonds is 6.